The van der Waals surface area contributed by atoms with E-state index in [1.807, 2.05) is 30.7 Å². The Balaban J connectivity index is 1.92. The second kappa shape index (κ2) is 6.68. The number of thiocarbonyl (C=S) groups is 1. The van der Waals surface area contributed by atoms with Crippen molar-refractivity contribution >= 4 is 38.8 Å². The summed E-state index contributed by atoms with van der Waals surface area (Å²) in [4.78, 5) is 4.40. The molecule has 6 heteroatoms. The lowest BCUT2D eigenvalue weighted by molar-refractivity contribution is 0.661. The molecule has 1 heterocycles. The molecule has 0 aliphatic carbocycles. The van der Waals surface area contributed by atoms with Crippen LogP contribution < -0.4 is 11.1 Å². The predicted molar refractivity (Wildman–Crippen MR) is 85.4 cm³/mol. The number of imidazole rings is 1. The Morgan fingerprint density at radius 1 is 1.47 bits per heavy atom. The zero-order valence-electron chi connectivity index (χ0n) is 10.3. The molecular weight excluding hydrogens is 324 g/mol. The maximum atomic E-state index is 5.75. The monoisotopic (exact) mass is 338 g/mol. The van der Waals surface area contributed by atoms with Crippen LogP contribution in [-0.4, -0.2) is 21.1 Å². The largest absolute Gasteiger partial charge is 0.389 e. The van der Waals surface area contributed by atoms with Crippen LogP contribution in [-0.2, 0) is 6.54 Å². The van der Waals surface area contributed by atoms with E-state index in [4.69, 9.17) is 18.0 Å². The molecule has 2 rings (SSSR count). The molecule has 3 N–H and O–H groups in total. The Kier molecular flexibility index (Phi) is 4.93. The zero-order chi connectivity index (χ0) is 13.7. The van der Waals surface area contributed by atoms with Crippen LogP contribution in [0.1, 0.15) is 12.0 Å². The SMILES string of the molecule is NC(=S)c1c(Br)cccc1NCCCn1ccnc1. The predicted octanol–water partition coefficient (Wildman–Crippen LogP) is 2.78. The maximum Gasteiger partial charge on any atom is 0.107 e. The average Bonchev–Trinajstić information content (AvgIpc) is 2.87. The number of benzene rings is 1. The number of aromatic nitrogens is 2. The van der Waals surface area contributed by atoms with Gasteiger partial charge in [0.15, 0.2) is 0 Å². The van der Waals surface area contributed by atoms with E-state index in [2.05, 4.69) is 30.8 Å². The van der Waals surface area contributed by atoms with Gasteiger partial charge in [0.1, 0.15) is 4.99 Å². The van der Waals surface area contributed by atoms with E-state index < -0.39 is 0 Å². The molecule has 0 atom stereocenters. The summed E-state index contributed by atoms with van der Waals surface area (Å²) < 4.78 is 2.97. The van der Waals surface area contributed by atoms with Crippen molar-refractivity contribution in [3.8, 4) is 0 Å². The van der Waals surface area contributed by atoms with Crippen LogP contribution in [0.4, 0.5) is 5.69 Å². The van der Waals surface area contributed by atoms with E-state index >= 15 is 0 Å². The van der Waals surface area contributed by atoms with Crippen molar-refractivity contribution in [1.82, 2.24) is 9.55 Å². The summed E-state index contributed by atoms with van der Waals surface area (Å²) in [6.07, 6.45) is 6.56. The summed E-state index contributed by atoms with van der Waals surface area (Å²) in [7, 11) is 0. The van der Waals surface area contributed by atoms with Gasteiger partial charge >= 0.3 is 0 Å². The van der Waals surface area contributed by atoms with Gasteiger partial charge < -0.3 is 15.6 Å². The number of hydrogen-bond donors (Lipinski definition) is 2. The summed E-state index contributed by atoms with van der Waals surface area (Å²) in [5, 5.41) is 3.37. The topological polar surface area (TPSA) is 55.9 Å². The summed E-state index contributed by atoms with van der Waals surface area (Å²) >= 11 is 8.54. The van der Waals surface area contributed by atoms with E-state index in [1.54, 1.807) is 6.20 Å². The van der Waals surface area contributed by atoms with Gasteiger partial charge in [-0.25, -0.2) is 4.98 Å². The van der Waals surface area contributed by atoms with Gasteiger partial charge in [-0.15, -0.1) is 0 Å². The number of aryl methyl sites for hydroxylation is 1. The van der Waals surface area contributed by atoms with Gasteiger partial charge in [-0.3, -0.25) is 0 Å². The minimum Gasteiger partial charge on any atom is -0.389 e. The van der Waals surface area contributed by atoms with Gasteiger partial charge in [0, 0.05) is 41.2 Å². The van der Waals surface area contributed by atoms with Crippen LogP contribution in [0, 0.1) is 0 Å². The van der Waals surface area contributed by atoms with Crippen molar-refractivity contribution in [2.45, 2.75) is 13.0 Å². The summed E-state index contributed by atoms with van der Waals surface area (Å²) in [6, 6.07) is 5.88. The molecule has 0 unspecified atom stereocenters. The number of rotatable bonds is 6. The molecule has 1 aromatic carbocycles. The third-order valence-electron chi connectivity index (χ3n) is 2.73. The van der Waals surface area contributed by atoms with Crippen LogP contribution in [0.5, 0.6) is 0 Å². The second-order valence-corrected chi connectivity index (χ2v) is 5.40. The fraction of sp³-hybridized carbons (Fsp3) is 0.231. The first-order chi connectivity index (χ1) is 9.18. The summed E-state index contributed by atoms with van der Waals surface area (Å²) in [5.41, 5.74) is 7.57. The number of nitrogens with zero attached hydrogens (tertiary/aromatic N) is 2. The van der Waals surface area contributed by atoms with Gasteiger partial charge in [0.05, 0.1) is 6.33 Å². The molecule has 0 aliphatic rings. The molecular formula is C13H15BrN4S. The summed E-state index contributed by atoms with van der Waals surface area (Å²) in [5.74, 6) is 0. The van der Waals surface area contributed by atoms with Gasteiger partial charge in [0.25, 0.3) is 0 Å². The number of halogens is 1. The lowest BCUT2D eigenvalue weighted by Crippen LogP contribution is -2.15. The Morgan fingerprint density at radius 3 is 3.00 bits per heavy atom. The number of nitrogens with one attached hydrogen (secondary N) is 1. The Morgan fingerprint density at radius 2 is 2.32 bits per heavy atom. The third-order valence-corrected chi connectivity index (χ3v) is 3.59. The van der Waals surface area contributed by atoms with Crippen molar-refractivity contribution in [1.29, 1.82) is 0 Å². The lowest BCUT2D eigenvalue weighted by Gasteiger charge is -2.12. The quantitative estimate of drug-likeness (QED) is 0.628. The van der Waals surface area contributed by atoms with E-state index in [9.17, 15) is 0 Å². The second-order valence-electron chi connectivity index (χ2n) is 4.11. The normalized spacial score (nSPS) is 10.4. The average molecular weight is 339 g/mol. The molecule has 0 amide bonds. The van der Waals surface area contributed by atoms with Crippen molar-refractivity contribution in [2.24, 2.45) is 5.73 Å². The molecule has 1 aromatic heterocycles. The Bertz CT molecular complexity index is 554. The van der Waals surface area contributed by atoms with E-state index in [-0.39, 0.29) is 0 Å². The number of anilines is 1. The third kappa shape index (κ3) is 3.78. The van der Waals surface area contributed by atoms with Crippen molar-refractivity contribution in [3.63, 3.8) is 0 Å². The molecule has 0 aliphatic heterocycles. The minimum atomic E-state index is 0.393. The highest BCUT2D eigenvalue weighted by atomic mass is 79.9. The maximum absolute atomic E-state index is 5.75. The summed E-state index contributed by atoms with van der Waals surface area (Å²) in [6.45, 7) is 1.79. The van der Waals surface area contributed by atoms with E-state index in [1.165, 1.54) is 0 Å². The van der Waals surface area contributed by atoms with Crippen LogP contribution in [0.2, 0.25) is 0 Å². The minimum absolute atomic E-state index is 0.393. The number of nitrogens with two attached hydrogens (primary N) is 1. The van der Waals surface area contributed by atoms with Gasteiger partial charge in [-0.1, -0.05) is 18.3 Å². The highest BCUT2D eigenvalue weighted by Gasteiger charge is 2.08. The highest BCUT2D eigenvalue weighted by molar-refractivity contribution is 9.10. The molecule has 0 fully saturated rings. The smallest absolute Gasteiger partial charge is 0.107 e. The van der Waals surface area contributed by atoms with Gasteiger partial charge in [-0.05, 0) is 34.5 Å². The molecule has 4 nitrogen and oxygen atoms in total. The highest BCUT2D eigenvalue weighted by Crippen LogP contribution is 2.24. The number of hydrogen-bond acceptors (Lipinski definition) is 3. The fourth-order valence-corrected chi connectivity index (χ4v) is 2.76. The van der Waals surface area contributed by atoms with Crippen molar-refractivity contribution in [2.75, 3.05) is 11.9 Å². The Labute approximate surface area is 126 Å². The molecule has 0 radical (unpaired) electrons. The first kappa shape index (κ1) is 14.0. The molecule has 0 saturated heterocycles. The Hall–Kier alpha value is -1.40. The van der Waals surface area contributed by atoms with Crippen molar-refractivity contribution in [3.05, 3.63) is 47.0 Å². The fourth-order valence-electron chi connectivity index (χ4n) is 1.83. The molecule has 0 bridgehead atoms. The van der Waals surface area contributed by atoms with Gasteiger partial charge in [-0.2, -0.15) is 0 Å². The van der Waals surface area contributed by atoms with Crippen LogP contribution in [0.25, 0.3) is 0 Å². The van der Waals surface area contributed by atoms with E-state index in [0.29, 0.717) is 4.99 Å². The van der Waals surface area contributed by atoms with Gasteiger partial charge in [0.2, 0.25) is 0 Å². The van der Waals surface area contributed by atoms with Crippen LogP contribution in [0.3, 0.4) is 0 Å². The first-order valence-corrected chi connectivity index (χ1v) is 7.16. The molecule has 2 aromatic rings. The van der Waals surface area contributed by atoms with Crippen LogP contribution >= 0.6 is 28.1 Å². The van der Waals surface area contributed by atoms with Crippen LogP contribution in [0.15, 0.2) is 41.4 Å². The molecule has 0 spiro atoms. The molecule has 19 heavy (non-hydrogen) atoms. The van der Waals surface area contributed by atoms with E-state index in [0.717, 1.165) is 35.2 Å². The lowest BCUT2D eigenvalue weighted by atomic mass is 10.1. The molecule has 100 valence electrons. The zero-order valence-corrected chi connectivity index (χ0v) is 12.7. The first-order valence-electron chi connectivity index (χ1n) is 5.96. The molecule has 0 saturated carbocycles. The van der Waals surface area contributed by atoms with Crippen molar-refractivity contribution < 1.29 is 0 Å². The standard InChI is InChI=1S/C13H15BrN4S/c14-10-3-1-4-11(12(10)13(15)19)17-5-2-7-18-8-6-16-9-18/h1,3-4,6,8-9,17H,2,5,7H2,(H2,15,19).